The zero-order valence-electron chi connectivity index (χ0n) is 16.0. The summed E-state index contributed by atoms with van der Waals surface area (Å²) >= 11 is 0. The molecule has 3 rings (SSSR count). The predicted octanol–water partition coefficient (Wildman–Crippen LogP) is 1.40. The fraction of sp³-hybridized carbons (Fsp3) is 0.364. The zero-order chi connectivity index (χ0) is 19.8. The molecular formula is C22H27N3O3. The molecule has 1 aliphatic heterocycles. The number of nitrogens with zero attached hydrogens (tertiary/aromatic N) is 2. The van der Waals surface area contributed by atoms with Crippen molar-refractivity contribution in [2.75, 3.05) is 26.2 Å². The Morgan fingerprint density at radius 2 is 1.71 bits per heavy atom. The van der Waals surface area contributed by atoms with Crippen LogP contribution < -0.4 is 5.32 Å². The predicted molar refractivity (Wildman–Crippen MR) is 107 cm³/mol. The quantitative estimate of drug-likeness (QED) is 0.725. The fourth-order valence-electron chi connectivity index (χ4n) is 3.50. The van der Waals surface area contributed by atoms with Crippen molar-refractivity contribution in [3.8, 4) is 0 Å². The smallest absolute Gasteiger partial charge is 0.237 e. The lowest BCUT2D eigenvalue weighted by molar-refractivity contribution is -0.139. The summed E-state index contributed by atoms with van der Waals surface area (Å²) in [5.74, 6) is -0.239. The summed E-state index contributed by atoms with van der Waals surface area (Å²) in [6, 6.07) is 19.1. The lowest BCUT2D eigenvalue weighted by atomic mass is 10.1. The average Bonchev–Trinajstić information content (AvgIpc) is 2.72. The average molecular weight is 381 g/mol. The summed E-state index contributed by atoms with van der Waals surface area (Å²) in [7, 11) is 0. The first-order valence-electron chi connectivity index (χ1n) is 9.65. The minimum atomic E-state index is -0.501. The molecule has 28 heavy (non-hydrogen) atoms. The van der Waals surface area contributed by atoms with Crippen LogP contribution in [0, 0.1) is 0 Å². The van der Waals surface area contributed by atoms with Crippen molar-refractivity contribution in [1.29, 1.82) is 0 Å². The van der Waals surface area contributed by atoms with Crippen molar-refractivity contribution in [3.05, 3.63) is 71.8 Å². The Kier molecular flexibility index (Phi) is 7.17. The summed E-state index contributed by atoms with van der Waals surface area (Å²) in [4.78, 5) is 29.1. The van der Waals surface area contributed by atoms with E-state index in [1.54, 1.807) is 4.90 Å². The summed E-state index contributed by atoms with van der Waals surface area (Å²) in [6.07, 6.45) is 0.103. The van der Waals surface area contributed by atoms with Crippen LogP contribution in [0.4, 0.5) is 0 Å². The van der Waals surface area contributed by atoms with E-state index in [0.717, 1.165) is 11.1 Å². The molecule has 0 radical (unpaired) electrons. The number of rotatable bonds is 8. The molecule has 0 aromatic heterocycles. The highest BCUT2D eigenvalue weighted by Gasteiger charge is 2.32. The number of nitrogens with one attached hydrogen (secondary N) is 1. The van der Waals surface area contributed by atoms with Crippen LogP contribution in [-0.2, 0) is 22.7 Å². The maximum Gasteiger partial charge on any atom is 0.237 e. The molecule has 1 aliphatic rings. The highest BCUT2D eigenvalue weighted by Crippen LogP contribution is 2.16. The van der Waals surface area contributed by atoms with Crippen molar-refractivity contribution in [1.82, 2.24) is 15.1 Å². The molecule has 0 unspecified atom stereocenters. The van der Waals surface area contributed by atoms with Gasteiger partial charge in [0.05, 0.1) is 19.1 Å². The van der Waals surface area contributed by atoms with Gasteiger partial charge in [0.15, 0.2) is 0 Å². The molecule has 2 aromatic rings. The Balaban J connectivity index is 1.69. The van der Waals surface area contributed by atoms with E-state index in [-0.39, 0.29) is 31.4 Å². The summed E-state index contributed by atoms with van der Waals surface area (Å²) in [6.45, 7) is 2.49. The van der Waals surface area contributed by atoms with Crippen molar-refractivity contribution in [2.45, 2.75) is 25.6 Å². The minimum absolute atomic E-state index is 0.103. The van der Waals surface area contributed by atoms with Crippen molar-refractivity contribution in [3.63, 3.8) is 0 Å². The topological polar surface area (TPSA) is 72.9 Å². The monoisotopic (exact) mass is 381 g/mol. The lowest BCUT2D eigenvalue weighted by Gasteiger charge is -2.35. The number of hydrogen-bond donors (Lipinski definition) is 2. The normalized spacial score (nSPS) is 17.2. The van der Waals surface area contributed by atoms with Gasteiger partial charge >= 0.3 is 0 Å². The van der Waals surface area contributed by atoms with Crippen LogP contribution >= 0.6 is 0 Å². The second-order valence-corrected chi connectivity index (χ2v) is 6.99. The minimum Gasteiger partial charge on any atom is -0.395 e. The largest absolute Gasteiger partial charge is 0.395 e. The maximum atomic E-state index is 13.0. The Morgan fingerprint density at radius 3 is 2.36 bits per heavy atom. The standard InChI is InChI=1S/C22H27N3O3/c26-14-13-25(17-19-9-5-2-6-10-19)21(27)15-20-22(28)23-11-12-24(20)16-18-7-3-1-4-8-18/h1-10,20,26H,11-17H2,(H,23,28)/t20-/m0/s1. The molecule has 1 heterocycles. The van der Waals surface area contributed by atoms with Gasteiger partial charge < -0.3 is 15.3 Å². The van der Waals surface area contributed by atoms with Crippen LogP contribution in [0.5, 0.6) is 0 Å². The first-order valence-corrected chi connectivity index (χ1v) is 9.65. The molecule has 1 saturated heterocycles. The Morgan fingerprint density at radius 1 is 1.07 bits per heavy atom. The van der Waals surface area contributed by atoms with Gasteiger partial charge in [0.2, 0.25) is 11.8 Å². The molecule has 2 amide bonds. The number of carbonyl (C=O) groups excluding carboxylic acids is 2. The molecular weight excluding hydrogens is 354 g/mol. The first-order chi connectivity index (χ1) is 13.7. The first kappa shape index (κ1) is 20.0. The van der Waals surface area contributed by atoms with Gasteiger partial charge in [0, 0.05) is 32.7 Å². The molecule has 1 fully saturated rings. The van der Waals surface area contributed by atoms with Gasteiger partial charge in [-0.2, -0.15) is 0 Å². The molecule has 1 atom stereocenters. The molecule has 6 nitrogen and oxygen atoms in total. The Bertz CT molecular complexity index is 767. The maximum absolute atomic E-state index is 13.0. The van der Waals surface area contributed by atoms with E-state index in [1.807, 2.05) is 60.7 Å². The van der Waals surface area contributed by atoms with E-state index in [2.05, 4.69) is 10.2 Å². The molecule has 148 valence electrons. The van der Waals surface area contributed by atoms with Gasteiger partial charge in [-0.1, -0.05) is 60.7 Å². The summed E-state index contributed by atoms with van der Waals surface area (Å²) < 4.78 is 0. The summed E-state index contributed by atoms with van der Waals surface area (Å²) in [5.41, 5.74) is 2.12. The van der Waals surface area contributed by atoms with Gasteiger partial charge in [-0.15, -0.1) is 0 Å². The number of benzene rings is 2. The van der Waals surface area contributed by atoms with Gasteiger partial charge in [0.25, 0.3) is 0 Å². The van der Waals surface area contributed by atoms with Gasteiger partial charge in [-0.25, -0.2) is 0 Å². The second kappa shape index (κ2) is 10.0. The third kappa shape index (κ3) is 5.41. The fourth-order valence-corrected chi connectivity index (χ4v) is 3.50. The van der Waals surface area contributed by atoms with E-state index >= 15 is 0 Å². The number of amides is 2. The van der Waals surface area contributed by atoms with Crippen LogP contribution in [0.3, 0.4) is 0 Å². The highest BCUT2D eigenvalue weighted by molar-refractivity contribution is 5.88. The number of aliphatic hydroxyl groups excluding tert-OH is 1. The van der Waals surface area contributed by atoms with E-state index in [9.17, 15) is 14.7 Å². The molecule has 6 heteroatoms. The number of carbonyl (C=O) groups is 2. The summed E-state index contributed by atoms with van der Waals surface area (Å²) in [5, 5.41) is 12.3. The number of hydrogen-bond acceptors (Lipinski definition) is 4. The van der Waals surface area contributed by atoms with Crippen LogP contribution in [0.1, 0.15) is 17.5 Å². The second-order valence-electron chi connectivity index (χ2n) is 6.99. The van der Waals surface area contributed by atoms with Crippen molar-refractivity contribution < 1.29 is 14.7 Å². The molecule has 0 spiro atoms. The van der Waals surface area contributed by atoms with E-state index in [4.69, 9.17) is 0 Å². The van der Waals surface area contributed by atoms with Crippen molar-refractivity contribution in [2.24, 2.45) is 0 Å². The highest BCUT2D eigenvalue weighted by atomic mass is 16.3. The lowest BCUT2D eigenvalue weighted by Crippen LogP contribution is -2.56. The van der Waals surface area contributed by atoms with Crippen LogP contribution in [0.15, 0.2) is 60.7 Å². The molecule has 2 aromatic carbocycles. The SMILES string of the molecule is O=C1NCCN(Cc2ccccc2)[C@H]1CC(=O)N(CCO)Cc1ccccc1. The van der Waals surface area contributed by atoms with Crippen LogP contribution in [0.25, 0.3) is 0 Å². The molecule has 0 bridgehead atoms. The number of piperazine rings is 1. The Hall–Kier alpha value is -2.70. The number of aliphatic hydroxyl groups is 1. The van der Waals surface area contributed by atoms with Crippen molar-refractivity contribution >= 4 is 11.8 Å². The zero-order valence-corrected chi connectivity index (χ0v) is 16.0. The van der Waals surface area contributed by atoms with E-state index in [1.165, 1.54) is 0 Å². The van der Waals surface area contributed by atoms with E-state index < -0.39 is 6.04 Å². The Labute approximate surface area is 165 Å². The third-order valence-corrected chi connectivity index (χ3v) is 4.98. The van der Waals surface area contributed by atoms with Gasteiger partial charge in [-0.05, 0) is 11.1 Å². The van der Waals surface area contributed by atoms with Crippen LogP contribution in [-0.4, -0.2) is 59.0 Å². The molecule has 0 saturated carbocycles. The van der Waals surface area contributed by atoms with Gasteiger partial charge in [0.1, 0.15) is 0 Å². The van der Waals surface area contributed by atoms with Crippen LogP contribution in [0.2, 0.25) is 0 Å². The van der Waals surface area contributed by atoms with Gasteiger partial charge in [-0.3, -0.25) is 14.5 Å². The van der Waals surface area contributed by atoms with E-state index in [0.29, 0.717) is 26.2 Å². The molecule has 2 N–H and O–H groups in total. The molecule has 0 aliphatic carbocycles. The third-order valence-electron chi connectivity index (χ3n) is 4.98.